The van der Waals surface area contributed by atoms with Crippen molar-refractivity contribution in [3.63, 3.8) is 0 Å². The van der Waals surface area contributed by atoms with Gasteiger partial charge in [-0.3, -0.25) is 0 Å². The van der Waals surface area contributed by atoms with Crippen LogP contribution in [0.3, 0.4) is 0 Å². The highest BCUT2D eigenvalue weighted by Gasteiger charge is 2.41. The van der Waals surface area contributed by atoms with Crippen molar-refractivity contribution < 1.29 is 9.47 Å². The fourth-order valence-electron chi connectivity index (χ4n) is 2.17. The van der Waals surface area contributed by atoms with Crippen LogP contribution in [-0.2, 0) is 4.74 Å². The van der Waals surface area contributed by atoms with Crippen molar-refractivity contribution in [1.29, 1.82) is 0 Å². The molecule has 0 N–H and O–H groups in total. The van der Waals surface area contributed by atoms with Crippen LogP contribution >= 0.6 is 0 Å². The number of epoxide rings is 1. The predicted molar refractivity (Wildman–Crippen MR) is 70.7 cm³/mol. The molecule has 1 saturated heterocycles. The van der Waals surface area contributed by atoms with E-state index in [4.69, 9.17) is 9.47 Å². The lowest BCUT2D eigenvalue weighted by Crippen LogP contribution is -1.86. The van der Waals surface area contributed by atoms with Crippen LogP contribution in [-0.4, -0.2) is 7.11 Å². The molecule has 0 unspecified atom stereocenters. The van der Waals surface area contributed by atoms with Crippen LogP contribution < -0.4 is 4.74 Å². The van der Waals surface area contributed by atoms with E-state index >= 15 is 0 Å². The second-order valence-corrected chi connectivity index (χ2v) is 4.66. The molecule has 92 valence electrons. The van der Waals surface area contributed by atoms with Crippen LogP contribution in [0.25, 0.3) is 0 Å². The number of rotatable bonds is 3. The Morgan fingerprint density at radius 2 is 1.33 bits per heavy atom. The van der Waals surface area contributed by atoms with Gasteiger partial charge >= 0.3 is 0 Å². The molecule has 18 heavy (non-hydrogen) atoms. The highest BCUT2D eigenvalue weighted by molar-refractivity contribution is 5.34. The predicted octanol–water partition coefficient (Wildman–Crippen LogP) is 3.82. The Kier molecular flexibility index (Phi) is 2.80. The van der Waals surface area contributed by atoms with E-state index in [0.717, 1.165) is 5.75 Å². The number of hydrogen-bond acceptors (Lipinski definition) is 2. The summed E-state index contributed by atoms with van der Waals surface area (Å²) >= 11 is 0. The third-order valence-corrected chi connectivity index (χ3v) is 3.34. The van der Waals surface area contributed by atoms with Crippen molar-refractivity contribution in [2.75, 3.05) is 7.11 Å². The number of hydrogen-bond donors (Lipinski definition) is 0. The van der Waals surface area contributed by atoms with E-state index < -0.39 is 0 Å². The van der Waals surface area contributed by atoms with Crippen molar-refractivity contribution in [3.8, 4) is 5.75 Å². The first-order valence-electron chi connectivity index (χ1n) is 6.14. The van der Waals surface area contributed by atoms with Crippen LogP contribution in [0.5, 0.6) is 5.75 Å². The maximum atomic E-state index is 5.76. The summed E-state index contributed by atoms with van der Waals surface area (Å²) in [5.41, 5.74) is 3.74. The Balaban J connectivity index is 1.74. The average Bonchev–Trinajstić information content (AvgIpc) is 3.20. The fraction of sp³-hybridized carbons (Fsp3) is 0.250. The van der Waals surface area contributed by atoms with E-state index in [2.05, 4.69) is 43.3 Å². The molecule has 3 rings (SSSR count). The molecule has 0 saturated carbocycles. The Morgan fingerprint density at radius 1 is 0.833 bits per heavy atom. The summed E-state index contributed by atoms with van der Waals surface area (Å²) in [7, 11) is 1.68. The van der Waals surface area contributed by atoms with Gasteiger partial charge in [0, 0.05) is 0 Å². The second-order valence-electron chi connectivity index (χ2n) is 4.66. The summed E-state index contributed by atoms with van der Waals surface area (Å²) < 4.78 is 10.9. The van der Waals surface area contributed by atoms with Gasteiger partial charge in [0.2, 0.25) is 0 Å². The lowest BCUT2D eigenvalue weighted by atomic mass is 10.0. The molecule has 1 fully saturated rings. The van der Waals surface area contributed by atoms with Gasteiger partial charge in [0.25, 0.3) is 0 Å². The van der Waals surface area contributed by atoms with Gasteiger partial charge in [0.05, 0.1) is 7.11 Å². The maximum absolute atomic E-state index is 5.76. The molecule has 1 aliphatic rings. The minimum Gasteiger partial charge on any atom is -0.497 e. The van der Waals surface area contributed by atoms with Gasteiger partial charge < -0.3 is 9.47 Å². The Labute approximate surface area is 107 Å². The lowest BCUT2D eigenvalue weighted by Gasteiger charge is -2.01. The van der Waals surface area contributed by atoms with Gasteiger partial charge in [-0.15, -0.1) is 0 Å². The van der Waals surface area contributed by atoms with Crippen molar-refractivity contribution in [2.45, 2.75) is 19.1 Å². The van der Waals surface area contributed by atoms with Gasteiger partial charge in [0.1, 0.15) is 18.0 Å². The monoisotopic (exact) mass is 240 g/mol. The molecule has 2 aromatic rings. The third-order valence-electron chi connectivity index (χ3n) is 3.34. The Hall–Kier alpha value is -1.80. The number of methoxy groups -OCH3 is 1. The lowest BCUT2D eigenvalue weighted by molar-refractivity contribution is 0.377. The summed E-state index contributed by atoms with van der Waals surface area (Å²) in [5.74, 6) is 0.881. The topological polar surface area (TPSA) is 21.8 Å². The number of aryl methyl sites for hydroxylation is 1. The van der Waals surface area contributed by atoms with E-state index in [0.29, 0.717) is 0 Å². The zero-order valence-corrected chi connectivity index (χ0v) is 10.6. The van der Waals surface area contributed by atoms with Crippen molar-refractivity contribution in [1.82, 2.24) is 0 Å². The minimum atomic E-state index is 0.193. The van der Waals surface area contributed by atoms with Gasteiger partial charge in [-0.25, -0.2) is 0 Å². The molecule has 0 bridgehead atoms. The normalized spacial score (nSPS) is 21.7. The van der Waals surface area contributed by atoms with Gasteiger partial charge in [-0.2, -0.15) is 0 Å². The molecule has 2 nitrogen and oxygen atoms in total. The van der Waals surface area contributed by atoms with Crippen molar-refractivity contribution >= 4 is 0 Å². The Morgan fingerprint density at radius 3 is 1.83 bits per heavy atom. The third kappa shape index (κ3) is 2.12. The first-order chi connectivity index (χ1) is 8.78. The molecule has 1 aliphatic heterocycles. The summed E-state index contributed by atoms with van der Waals surface area (Å²) in [5, 5.41) is 0. The highest BCUT2D eigenvalue weighted by Crippen LogP contribution is 2.50. The van der Waals surface area contributed by atoms with E-state index in [1.54, 1.807) is 7.11 Å². The molecule has 0 spiro atoms. The molecule has 2 aromatic carbocycles. The van der Waals surface area contributed by atoms with Crippen LogP contribution in [0.15, 0.2) is 48.5 Å². The van der Waals surface area contributed by atoms with Crippen molar-refractivity contribution in [3.05, 3.63) is 65.2 Å². The first-order valence-corrected chi connectivity index (χ1v) is 6.14. The Bertz CT molecular complexity index is 528. The van der Waals surface area contributed by atoms with Gasteiger partial charge in [-0.05, 0) is 30.2 Å². The van der Waals surface area contributed by atoms with Crippen molar-refractivity contribution in [2.24, 2.45) is 0 Å². The van der Waals surface area contributed by atoms with E-state index in [1.807, 2.05) is 12.1 Å². The largest absolute Gasteiger partial charge is 0.497 e. The molecular formula is C16H16O2. The van der Waals surface area contributed by atoms with E-state index in [1.165, 1.54) is 16.7 Å². The van der Waals surface area contributed by atoms with E-state index in [9.17, 15) is 0 Å². The zero-order chi connectivity index (χ0) is 12.5. The zero-order valence-electron chi connectivity index (χ0n) is 10.6. The first kappa shape index (κ1) is 11.3. The van der Waals surface area contributed by atoms with Crippen LogP contribution in [0.2, 0.25) is 0 Å². The molecule has 0 radical (unpaired) electrons. The van der Waals surface area contributed by atoms with Crippen LogP contribution in [0.4, 0.5) is 0 Å². The van der Waals surface area contributed by atoms with Gasteiger partial charge in [0.15, 0.2) is 0 Å². The molecule has 2 atom stereocenters. The average molecular weight is 240 g/mol. The molecule has 0 aliphatic carbocycles. The molecular weight excluding hydrogens is 224 g/mol. The summed E-state index contributed by atoms with van der Waals surface area (Å²) in [6, 6.07) is 16.6. The highest BCUT2D eigenvalue weighted by atomic mass is 16.6. The summed E-state index contributed by atoms with van der Waals surface area (Å²) in [4.78, 5) is 0. The van der Waals surface area contributed by atoms with Crippen LogP contribution in [0, 0.1) is 6.92 Å². The van der Waals surface area contributed by atoms with Gasteiger partial charge in [-0.1, -0.05) is 42.0 Å². The molecule has 2 heteroatoms. The molecule has 1 heterocycles. The van der Waals surface area contributed by atoms with Crippen LogP contribution in [0.1, 0.15) is 28.9 Å². The number of benzene rings is 2. The second kappa shape index (κ2) is 4.46. The molecule has 0 amide bonds. The summed E-state index contributed by atoms with van der Waals surface area (Å²) in [6.45, 7) is 2.10. The SMILES string of the molecule is COc1ccc([C@H]2O[C@H]2c2ccc(C)cc2)cc1. The smallest absolute Gasteiger partial charge is 0.118 e. The summed E-state index contributed by atoms with van der Waals surface area (Å²) in [6.07, 6.45) is 0.401. The maximum Gasteiger partial charge on any atom is 0.118 e. The standard InChI is InChI=1S/C16H16O2/c1-11-3-5-12(6-4-11)15-16(18-15)13-7-9-14(17-2)10-8-13/h3-10,15-16H,1-2H3/t15-,16+/m0/s1. The molecule has 0 aromatic heterocycles. The fourth-order valence-corrected chi connectivity index (χ4v) is 2.17. The minimum absolute atomic E-state index is 0.193. The number of ether oxygens (including phenoxy) is 2. The van der Waals surface area contributed by atoms with E-state index in [-0.39, 0.29) is 12.2 Å². The quantitative estimate of drug-likeness (QED) is 0.761.